The molecule has 0 radical (unpaired) electrons. The molecule has 1 amide bonds. The van der Waals surface area contributed by atoms with Crippen molar-refractivity contribution in [1.29, 1.82) is 0 Å². The van der Waals surface area contributed by atoms with Gasteiger partial charge in [0.2, 0.25) is 0 Å². The highest BCUT2D eigenvalue weighted by Gasteiger charge is 2.09. The number of imidazole rings is 1. The van der Waals surface area contributed by atoms with Gasteiger partial charge in [-0.25, -0.2) is 9.97 Å². The lowest BCUT2D eigenvalue weighted by molar-refractivity contribution is 0.101. The summed E-state index contributed by atoms with van der Waals surface area (Å²) in [5.41, 5.74) is 6.52. The lowest BCUT2D eigenvalue weighted by Crippen LogP contribution is -2.15. The summed E-state index contributed by atoms with van der Waals surface area (Å²) in [6.45, 7) is 0. The maximum absolute atomic E-state index is 11.7. The molecule has 0 aromatic carbocycles. The van der Waals surface area contributed by atoms with Gasteiger partial charge in [0, 0.05) is 7.05 Å². The molecule has 0 fully saturated rings. The number of aryl methyl sites for hydroxylation is 1. The zero-order chi connectivity index (χ0) is 11.5. The topological polar surface area (TPSA) is 85.8 Å². The summed E-state index contributed by atoms with van der Waals surface area (Å²) in [7, 11) is 1.75. The van der Waals surface area contributed by atoms with Crippen LogP contribution >= 0.6 is 0 Å². The van der Waals surface area contributed by atoms with Crippen molar-refractivity contribution in [3.05, 3.63) is 36.5 Å². The number of amides is 1. The van der Waals surface area contributed by atoms with Crippen LogP contribution in [-0.4, -0.2) is 20.4 Å². The molecule has 0 atom stereocenters. The van der Waals surface area contributed by atoms with Gasteiger partial charge < -0.3 is 15.6 Å². The normalized spacial score (nSPS) is 10.1. The fraction of sp³-hybridized carbons (Fsp3) is 0.100. The van der Waals surface area contributed by atoms with Crippen LogP contribution in [0, 0.1) is 0 Å². The molecule has 2 aromatic rings. The predicted octanol–water partition coefficient (Wildman–Crippen LogP) is 0.650. The van der Waals surface area contributed by atoms with Crippen LogP contribution in [0.4, 0.5) is 11.5 Å². The van der Waals surface area contributed by atoms with Gasteiger partial charge in [-0.05, 0) is 12.1 Å². The van der Waals surface area contributed by atoms with Gasteiger partial charge in [-0.1, -0.05) is 0 Å². The number of nitrogens with two attached hydrogens (primary N) is 1. The van der Waals surface area contributed by atoms with Gasteiger partial charge in [-0.3, -0.25) is 4.79 Å². The Kier molecular flexibility index (Phi) is 2.55. The maximum atomic E-state index is 11.7. The third-order valence-electron chi connectivity index (χ3n) is 2.09. The van der Waals surface area contributed by atoms with E-state index in [1.54, 1.807) is 30.1 Å². The van der Waals surface area contributed by atoms with Crippen LogP contribution in [0.15, 0.2) is 30.9 Å². The summed E-state index contributed by atoms with van der Waals surface area (Å²) in [5, 5.41) is 2.69. The van der Waals surface area contributed by atoms with E-state index in [9.17, 15) is 4.79 Å². The Bertz CT molecular complexity index is 502. The molecule has 0 saturated carbocycles. The zero-order valence-corrected chi connectivity index (χ0v) is 8.71. The van der Waals surface area contributed by atoms with E-state index in [-0.39, 0.29) is 5.91 Å². The average Bonchev–Trinajstić information content (AvgIpc) is 2.68. The van der Waals surface area contributed by atoms with Gasteiger partial charge in [0.15, 0.2) is 0 Å². The number of nitrogen functional groups attached to an aromatic ring is 1. The Morgan fingerprint density at radius 1 is 1.44 bits per heavy atom. The fourth-order valence-corrected chi connectivity index (χ4v) is 1.25. The van der Waals surface area contributed by atoms with Crippen LogP contribution < -0.4 is 11.1 Å². The molecule has 6 heteroatoms. The van der Waals surface area contributed by atoms with Crippen molar-refractivity contribution in [3.8, 4) is 0 Å². The SMILES string of the molecule is Cn1cncc1C(=O)Nc1ccc(N)nc1. The standard InChI is InChI=1S/C10H11N5O/c1-15-6-12-5-8(15)10(16)14-7-2-3-9(11)13-4-7/h2-6H,1H3,(H2,11,13)(H,14,16). The summed E-state index contributed by atoms with van der Waals surface area (Å²) >= 11 is 0. The van der Waals surface area contributed by atoms with E-state index in [1.807, 2.05) is 0 Å². The Labute approximate surface area is 92.1 Å². The summed E-state index contributed by atoms with van der Waals surface area (Å²) in [5.74, 6) is 0.185. The zero-order valence-electron chi connectivity index (χ0n) is 8.71. The number of hydrogen-bond acceptors (Lipinski definition) is 4. The number of pyridine rings is 1. The Balaban J connectivity index is 2.14. The first-order chi connectivity index (χ1) is 7.66. The first-order valence-electron chi connectivity index (χ1n) is 4.66. The fourth-order valence-electron chi connectivity index (χ4n) is 1.25. The molecule has 0 spiro atoms. The summed E-state index contributed by atoms with van der Waals surface area (Å²) in [6.07, 6.45) is 4.57. The highest BCUT2D eigenvalue weighted by atomic mass is 16.2. The second-order valence-electron chi connectivity index (χ2n) is 3.32. The number of nitrogens with zero attached hydrogens (tertiary/aromatic N) is 3. The van der Waals surface area contributed by atoms with E-state index in [4.69, 9.17) is 5.73 Å². The molecule has 82 valence electrons. The van der Waals surface area contributed by atoms with Crippen molar-refractivity contribution < 1.29 is 4.79 Å². The van der Waals surface area contributed by atoms with Crippen molar-refractivity contribution in [2.45, 2.75) is 0 Å². The maximum Gasteiger partial charge on any atom is 0.273 e. The smallest absolute Gasteiger partial charge is 0.273 e. The molecule has 3 N–H and O–H groups in total. The predicted molar refractivity (Wildman–Crippen MR) is 59.8 cm³/mol. The molecule has 6 nitrogen and oxygen atoms in total. The molecule has 0 saturated heterocycles. The van der Waals surface area contributed by atoms with E-state index in [2.05, 4.69) is 15.3 Å². The number of rotatable bonds is 2. The monoisotopic (exact) mass is 217 g/mol. The van der Waals surface area contributed by atoms with Crippen molar-refractivity contribution in [2.75, 3.05) is 11.1 Å². The quantitative estimate of drug-likeness (QED) is 0.773. The molecule has 0 bridgehead atoms. The van der Waals surface area contributed by atoms with Gasteiger partial charge >= 0.3 is 0 Å². The third-order valence-corrected chi connectivity index (χ3v) is 2.09. The molecule has 2 heterocycles. The molecule has 0 unspecified atom stereocenters. The first kappa shape index (κ1) is 10.2. The number of aromatic nitrogens is 3. The lowest BCUT2D eigenvalue weighted by Gasteiger charge is -2.04. The minimum Gasteiger partial charge on any atom is -0.384 e. The van der Waals surface area contributed by atoms with Crippen LogP contribution in [-0.2, 0) is 7.05 Å². The number of nitrogens with one attached hydrogen (secondary N) is 1. The molecule has 2 aromatic heterocycles. The minimum absolute atomic E-state index is 0.230. The van der Waals surface area contributed by atoms with E-state index >= 15 is 0 Å². The van der Waals surface area contributed by atoms with E-state index < -0.39 is 0 Å². The second kappa shape index (κ2) is 4.01. The van der Waals surface area contributed by atoms with Gasteiger partial charge in [0.25, 0.3) is 5.91 Å². The van der Waals surface area contributed by atoms with Crippen molar-refractivity contribution >= 4 is 17.4 Å². The van der Waals surface area contributed by atoms with Crippen molar-refractivity contribution in [1.82, 2.24) is 14.5 Å². The van der Waals surface area contributed by atoms with Crippen LogP contribution in [0.2, 0.25) is 0 Å². The summed E-state index contributed by atoms with van der Waals surface area (Å²) < 4.78 is 1.64. The number of anilines is 2. The highest BCUT2D eigenvalue weighted by Crippen LogP contribution is 2.08. The Morgan fingerprint density at radius 3 is 2.81 bits per heavy atom. The van der Waals surface area contributed by atoms with E-state index in [0.717, 1.165) is 0 Å². The largest absolute Gasteiger partial charge is 0.384 e. The molecular formula is C10H11N5O. The molecule has 0 aliphatic heterocycles. The second-order valence-corrected chi connectivity index (χ2v) is 3.32. The first-order valence-corrected chi connectivity index (χ1v) is 4.66. The molecule has 0 aliphatic rings. The molecular weight excluding hydrogens is 206 g/mol. The Hall–Kier alpha value is -2.37. The minimum atomic E-state index is -0.230. The summed E-state index contributed by atoms with van der Waals surface area (Å²) in [6, 6.07) is 3.31. The highest BCUT2D eigenvalue weighted by molar-refractivity contribution is 6.02. The average molecular weight is 217 g/mol. The van der Waals surface area contributed by atoms with Gasteiger partial charge in [0.1, 0.15) is 11.5 Å². The van der Waals surface area contributed by atoms with Crippen LogP contribution in [0.5, 0.6) is 0 Å². The van der Waals surface area contributed by atoms with E-state index in [0.29, 0.717) is 17.2 Å². The third kappa shape index (κ3) is 2.00. The lowest BCUT2D eigenvalue weighted by atomic mass is 10.3. The van der Waals surface area contributed by atoms with Crippen LogP contribution in [0.1, 0.15) is 10.5 Å². The van der Waals surface area contributed by atoms with Crippen molar-refractivity contribution in [3.63, 3.8) is 0 Å². The summed E-state index contributed by atoms with van der Waals surface area (Å²) in [4.78, 5) is 19.5. The molecule has 2 rings (SSSR count). The van der Waals surface area contributed by atoms with Crippen LogP contribution in [0.3, 0.4) is 0 Å². The Morgan fingerprint density at radius 2 is 2.25 bits per heavy atom. The van der Waals surface area contributed by atoms with E-state index in [1.165, 1.54) is 12.4 Å². The van der Waals surface area contributed by atoms with Crippen molar-refractivity contribution in [2.24, 2.45) is 7.05 Å². The van der Waals surface area contributed by atoms with Gasteiger partial charge in [-0.2, -0.15) is 0 Å². The van der Waals surface area contributed by atoms with Gasteiger partial charge in [0.05, 0.1) is 24.4 Å². The van der Waals surface area contributed by atoms with Crippen LogP contribution in [0.25, 0.3) is 0 Å². The number of carbonyl (C=O) groups is 1. The molecule has 0 aliphatic carbocycles. The number of carbonyl (C=O) groups excluding carboxylic acids is 1. The number of hydrogen-bond donors (Lipinski definition) is 2. The van der Waals surface area contributed by atoms with Gasteiger partial charge in [-0.15, -0.1) is 0 Å². The molecule has 16 heavy (non-hydrogen) atoms.